The summed E-state index contributed by atoms with van der Waals surface area (Å²) in [4.78, 5) is 22.6. The number of aromatic nitrogens is 4. The van der Waals surface area contributed by atoms with Gasteiger partial charge in [0.2, 0.25) is 0 Å². The molecule has 6 rings (SSSR count). The third-order valence-electron chi connectivity index (χ3n) is 6.23. The molecule has 0 saturated heterocycles. The van der Waals surface area contributed by atoms with E-state index in [9.17, 15) is 9.18 Å². The smallest absolute Gasteiger partial charge is 0.253 e. The number of carbonyl (C=O) groups is 1. The van der Waals surface area contributed by atoms with E-state index in [0.717, 1.165) is 38.9 Å². The van der Waals surface area contributed by atoms with E-state index < -0.39 is 5.82 Å². The molecule has 7 nitrogen and oxygen atoms in total. The Morgan fingerprint density at radius 1 is 1.03 bits per heavy atom. The molecule has 0 unspecified atom stereocenters. The van der Waals surface area contributed by atoms with Crippen LogP contribution in [0.2, 0.25) is 0 Å². The summed E-state index contributed by atoms with van der Waals surface area (Å²) in [7, 11) is 1.82. The first-order chi connectivity index (χ1) is 17.6. The quantitative estimate of drug-likeness (QED) is 0.334. The first-order valence-electron chi connectivity index (χ1n) is 11.4. The van der Waals surface area contributed by atoms with Crippen molar-refractivity contribution in [2.75, 3.05) is 13.6 Å². The van der Waals surface area contributed by atoms with Gasteiger partial charge in [0.15, 0.2) is 5.82 Å². The van der Waals surface area contributed by atoms with Gasteiger partial charge < -0.3 is 9.64 Å². The molecule has 0 aliphatic carbocycles. The fourth-order valence-electron chi connectivity index (χ4n) is 4.38. The molecule has 0 atom stereocenters. The van der Waals surface area contributed by atoms with Gasteiger partial charge in [0, 0.05) is 54.1 Å². The zero-order valence-electron chi connectivity index (χ0n) is 19.3. The number of hydrogen-bond donors (Lipinski definition) is 0. The lowest BCUT2D eigenvalue weighted by molar-refractivity contribution is 0.0781. The fraction of sp³-hybridized carbons (Fsp3) is 0.148. The Morgan fingerprint density at radius 3 is 2.69 bits per heavy atom. The highest BCUT2D eigenvalue weighted by Crippen LogP contribution is 2.40. The predicted octanol–water partition coefficient (Wildman–Crippen LogP) is 5.16. The van der Waals surface area contributed by atoms with Crippen LogP contribution in [-0.4, -0.2) is 44.6 Å². The monoisotopic (exact) mass is 497 g/mol. The first-order valence-corrected chi connectivity index (χ1v) is 12.3. The molecule has 9 heteroatoms. The van der Waals surface area contributed by atoms with E-state index in [2.05, 4.69) is 20.2 Å². The highest BCUT2D eigenvalue weighted by molar-refractivity contribution is 7.17. The number of hydrogen-bond acceptors (Lipinski definition) is 7. The lowest BCUT2D eigenvalue weighted by Crippen LogP contribution is -2.34. The van der Waals surface area contributed by atoms with E-state index >= 15 is 0 Å². The van der Waals surface area contributed by atoms with Crippen molar-refractivity contribution < 1.29 is 13.9 Å². The summed E-state index contributed by atoms with van der Waals surface area (Å²) in [5.74, 6) is 0.460. The number of amides is 1. The number of carbonyl (C=O) groups excluding carboxylic acids is 1. The van der Waals surface area contributed by atoms with Gasteiger partial charge in [-0.05, 0) is 53.8 Å². The van der Waals surface area contributed by atoms with Gasteiger partial charge >= 0.3 is 0 Å². The van der Waals surface area contributed by atoms with E-state index in [-0.39, 0.29) is 12.5 Å². The molecule has 1 amide bonds. The molecule has 0 radical (unpaired) electrons. The van der Waals surface area contributed by atoms with E-state index in [1.54, 1.807) is 29.4 Å². The van der Waals surface area contributed by atoms with Crippen molar-refractivity contribution >= 4 is 27.3 Å². The van der Waals surface area contributed by atoms with Crippen LogP contribution in [0.4, 0.5) is 4.39 Å². The summed E-state index contributed by atoms with van der Waals surface area (Å²) in [6.45, 7) is 0.786. The van der Waals surface area contributed by atoms with Crippen LogP contribution in [0, 0.1) is 5.82 Å². The molecule has 5 aromatic rings. The Hall–Kier alpha value is -4.24. The largest absolute Gasteiger partial charge is 0.485 e. The van der Waals surface area contributed by atoms with Crippen LogP contribution in [-0.2, 0) is 13.0 Å². The standard InChI is InChI=1S/C27H20FN5O2S/c1-33-11-7-16-13-17(3-5-19(16)27(33)34)24-21-8-12-36-26(21)25(32-31-24)20-6-4-18(28)14-22(20)35-15-23-29-9-2-10-30-23/h2-6,8-10,12-14H,7,11,15H2,1H3. The van der Waals surface area contributed by atoms with Crippen molar-refractivity contribution in [2.45, 2.75) is 13.0 Å². The predicted molar refractivity (Wildman–Crippen MR) is 135 cm³/mol. The Kier molecular flexibility index (Phi) is 5.61. The first kappa shape index (κ1) is 22.2. The van der Waals surface area contributed by atoms with Crippen LogP contribution in [0.25, 0.3) is 32.6 Å². The molecule has 0 spiro atoms. The van der Waals surface area contributed by atoms with Gasteiger partial charge in [-0.1, -0.05) is 6.07 Å². The Morgan fingerprint density at radius 2 is 1.83 bits per heavy atom. The topological polar surface area (TPSA) is 81.1 Å². The Bertz CT molecular complexity index is 1610. The second-order valence-electron chi connectivity index (χ2n) is 8.50. The van der Waals surface area contributed by atoms with Crippen molar-refractivity contribution in [3.05, 3.63) is 89.1 Å². The summed E-state index contributed by atoms with van der Waals surface area (Å²) < 4.78 is 21.0. The number of likely N-dealkylation sites (N-methyl/N-ethyl adjacent to an activating group) is 1. The van der Waals surface area contributed by atoms with Crippen LogP contribution in [0.3, 0.4) is 0 Å². The van der Waals surface area contributed by atoms with Crippen molar-refractivity contribution in [2.24, 2.45) is 0 Å². The van der Waals surface area contributed by atoms with Crippen LogP contribution in [0.5, 0.6) is 5.75 Å². The van der Waals surface area contributed by atoms with Crippen LogP contribution >= 0.6 is 11.3 Å². The minimum absolute atomic E-state index is 0.0367. The average molecular weight is 498 g/mol. The molecule has 3 aromatic heterocycles. The maximum absolute atomic E-state index is 14.1. The van der Waals surface area contributed by atoms with Crippen molar-refractivity contribution in [3.8, 4) is 28.3 Å². The van der Waals surface area contributed by atoms with Gasteiger partial charge in [0.1, 0.15) is 29.6 Å². The molecule has 1 aliphatic rings. The van der Waals surface area contributed by atoms with Crippen LogP contribution < -0.4 is 4.74 Å². The van der Waals surface area contributed by atoms with Crippen LogP contribution in [0.1, 0.15) is 21.7 Å². The molecular weight excluding hydrogens is 477 g/mol. The minimum atomic E-state index is -0.413. The van der Waals surface area contributed by atoms with Gasteiger partial charge in [-0.2, -0.15) is 0 Å². The number of fused-ring (bicyclic) bond motifs is 2. The van der Waals surface area contributed by atoms with Gasteiger partial charge in [-0.25, -0.2) is 14.4 Å². The molecule has 0 N–H and O–H groups in total. The number of halogens is 1. The van der Waals surface area contributed by atoms with Crippen LogP contribution in [0.15, 0.2) is 66.3 Å². The zero-order chi connectivity index (χ0) is 24.6. The molecule has 0 fully saturated rings. The maximum atomic E-state index is 14.1. The number of nitrogens with zero attached hydrogens (tertiary/aromatic N) is 5. The number of thiophene rings is 1. The Labute approximate surface area is 210 Å². The summed E-state index contributed by atoms with van der Waals surface area (Å²) in [6, 6.07) is 13.9. The normalized spacial score (nSPS) is 13.2. The number of rotatable bonds is 5. The van der Waals surface area contributed by atoms with Gasteiger partial charge in [-0.3, -0.25) is 4.79 Å². The minimum Gasteiger partial charge on any atom is -0.485 e. The van der Waals surface area contributed by atoms with Crippen molar-refractivity contribution in [1.29, 1.82) is 0 Å². The molecule has 4 heterocycles. The molecule has 1 aliphatic heterocycles. The second kappa shape index (κ2) is 9.09. The van der Waals surface area contributed by atoms with Gasteiger partial charge in [-0.15, -0.1) is 21.5 Å². The van der Waals surface area contributed by atoms with Crippen molar-refractivity contribution in [1.82, 2.24) is 25.1 Å². The summed E-state index contributed by atoms with van der Waals surface area (Å²) >= 11 is 1.54. The SMILES string of the molecule is CN1CCc2cc(-c3nnc(-c4ccc(F)cc4OCc4ncccn4)c4sccc34)ccc2C1=O. The zero-order valence-corrected chi connectivity index (χ0v) is 20.1. The van der Waals surface area contributed by atoms with Crippen molar-refractivity contribution in [3.63, 3.8) is 0 Å². The molecular formula is C27H20FN5O2S. The van der Waals surface area contributed by atoms with E-state index in [1.807, 2.05) is 36.7 Å². The Balaban J connectivity index is 1.40. The second-order valence-corrected chi connectivity index (χ2v) is 9.42. The lowest BCUT2D eigenvalue weighted by atomic mass is 9.95. The molecule has 36 heavy (non-hydrogen) atoms. The van der Waals surface area contributed by atoms with E-state index in [1.165, 1.54) is 23.5 Å². The number of benzene rings is 2. The summed E-state index contributed by atoms with van der Waals surface area (Å²) in [5.41, 5.74) is 4.65. The summed E-state index contributed by atoms with van der Waals surface area (Å²) in [5, 5.41) is 12.1. The molecule has 178 valence electrons. The molecule has 0 bridgehead atoms. The fourth-order valence-corrected chi connectivity index (χ4v) is 5.27. The highest BCUT2D eigenvalue weighted by atomic mass is 32.1. The third kappa shape index (κ3) is 3.97. The lowest BCUT2D eigenvalue weighted by Gasteiger charge is -2.25. The molecule has 0 saturated carbocycles. The number of ether oxygens (including phenoxy) is 1. The maximum Gasteiger partial charge on any atom is 0.253 e. The average Bonchev–Trinajstić information content (AvgIpc) is 3.40. The highest BCUT2D eigenvalue weighted by Gasteiger charge is 2.23. The van der Waals surface area contributed by atoms with Gasteiger partial charge in [0.05, 0.1) is 4.70 Å². The summed E-state index contributed by atoms with van der Waals surface area (Å²) in [6.07, 6.45) is 4.06. The van der Waals surface area contributed by atoms with Gasteiger partial charge in [0.25, 0.3) is 5.91 Å². The molecule has 2 aromatic carbocycles. The van der Waals surface area contributed by atoms with E-state index in [0.29, 0.717) is 29.4 Å². The van der Waals surface area contributed by atoms with E-state index in [4.69, 9.17) is 4.74 Å². The third-order valence-corrected chi connectivity index (χ3v) is 7.15.